The molecule has 0 radical (unpaired) electrons. The number of hydrogen-bond donors (Lipinski definition) is 3. The topological polar surface area (TPSA) is 87.3 Å². The molecule has 1 atom stereocenters. The van der Waals surface area contributed by atoms with E-state index in [4.69, 9.17) is 11.6 Å². The lowest BCUT2D eigenvalue weighted by molar-refractivity contribution is -0.125. The number of benzene rings is 1. The van der Waals surface area contributed by atoms with Gasteiger partial charge in [-0.05, 0) is 37.6 Å². The second-order valence-electron chi connectivity index (χ2n) is 5.19. The lowest BCUT2D eigenvalue weighted by Crippen LogP contribution is -2.42. The van der Waals surface area contributed by atoms with Crippen molar-refractivity contribution < 1.29 is 13.2 Å². The summed E-state index contributed by atoms with van der Waals surface area (Å²) in [5.41, 5.74) is 0. The first-order valence-corrected chi connectivity index (χ1v) is 9.09. The Labute approximate surface area is 147 Å². The van der Waals surface area contributed by atoms with Crippen molar-refractivity contribution in [2.24, 2.45) is 5.92 Å². The molecule has 1 aromatic rings. The van der Waals surface area contributed by atoms with E-state index in [2.05, 4.69) is 15.4 Å². The quantitative estimate of drug-likeness (QED) is 0.645. The van der Waals surface area contributed by atoms with Crippen LogP contribution in [0, 0.1) is 5.92 Å². The van der Waals surface area contributed by atoms with Crippen molar-refractivity contribution in [2.75, 3.05) is 26.2 Å². The molecule has 0 bridgehead atoms. The average molecular weight is 382 g/mol. The molecule has 2 rings (SSSR count). The third kappa shape index (κ3) is 6.27. The summed E-state index contributed by atoms with van der Waals surface area (Å²) in [4.78, 5) is 12.0. The third-order valence-corrected chi connectivity index (χ3v) is 5.18. The highest BCUT2D eigenvalue weighted by Crippen LogP contribution is 2.15. The molecule has 130 valence electrons. The summed E-state index contributed by atoms with van der Waals surface area (Å²) in [6, 6.07) is 6.05. The van der Waals surface area contributed by atoms with Gasteiger partial charge in [0.2, 0.25) is 15.9 Å². The molecule has 1 aliphatic heterocycles. The Morgan fingerprint density at radius 2 is 2.13 bits per heavy atom. The number of hydrogen-bond acceptors (Lipinski definition) is 4. The monoisotopic (exact) mass is 381 g/mol. The van der Waals surface area contributed by atoms with Gasteiger partial charge in [-0.15, -0.1) is 12.4 Å². The predicted octanol–water partition coefficient (Wildman–Crippen LogP) is 1.16. The first kappa shape index (κ1) is 20.2. The van der Waals surface area contributed by atoms with Crippen LogP contribution < -0.4 is 15.4 Å². The van der Waals surface area contributed by atoms with Gasteiger partial charge in [-0.3, -0.25) is 4.79 Å². The molecule has 1 unspecified atom stereocenters. The van der Waals surface area contributed by atoms with Gasteiger partial charge in [0, 0.05) is 24.7 Å². The summed E-state index contributed by atoms with van der Waals surface area (Å²) in [6.45, 7) is 2.03. The van der Waals surface area contributed by atoms with E-state index in [0.717, 1.165) is 19.4 Å². The summed E-state index contributed by atoms with van der Waals surface area (Å²) >= 11 is 5.78. The Morgan fingerprint density at radius 1 is 1.35 bits per heavy atom. The zero-order chi connectivity index (χ0) is 16.0. The van der Waals surface area contributed by atoms with Crippen LogP contribution in [0.15, 0.2) is 29.2 Å². The third-order valence-electron chi connectivity index (χ3n) is 3.49. The molecule has 1 saturated heterocycles. The minimum absolute atomic E-state index is 0. The van der Waals surface area contributed by atoms with Crippen LogP contribution in [0.2, 0.25) is 5.02 Å². The molecule has 23 heavy (non-hydrogen) atoms. The zero-order valence-electron chi connectivity index (χ0n) is 12.5. The summed E-state index contributed by atoms with van der Waals surface area (Å²) in [7, 11) is -3.60. The minimum Gasteiger partial charge on any atom is -0.355 e. The maximum absolute atomic E-state index is 12.0. The number of carbonyl (C=O) groups is 1. The molecule has 0 aromatic heterocycles. The van der Waals surface area contributed by atoms with Crippen LogP contribution in [-0.4, -0.2) is 40.5 Å². The fourth-order valence-electron chi connectivity index (χ4n) is 2.31. The SMILES string of the molecule is Cl.O=C(NCCNS(=O)(=O)c1cccc(Cl)c1)C1CCCNC1. The Kier molecular flexibility index (Phi) is 8.28. The number of piperidine rings is 1. The van der Waals surface area contributed by atoms with Crippen molar-refractivity contribution in [1.29, 1.82) is 0 Å². The molecule has 0 aliphatic carbocycles. The van der Waals surface area contributed by atoms with Crippen molar-refractivity contribution in [3.63, 3.8) is 0 Å². The molecule has 9 heteroatoms. The van der Waals surface area contributed by atoms with Gasteiger partial charge in [-0.25, -0.2) is 13.1 Å². The van der Waals surface area contributed by atoms with Gasteiger partial charge in [0.15, 0.2) is 0 Å². The van der Waals surface area contributed by atoms with Crippen LogP contribution in [0.25, 0.3) is 0 Å². The Morgan fingerprint density at radius 3 is 2.78 bits per heavy atom. The van der Waals surface area contributed by atoms with Crippen LogP contribution in [0.5, 0.6) is 0 Å². The summed E-state index contributed by atoms with van der Waals surface area (Å²) < 4.78 is 26.5. The first-order chi connectivity index (χ1) is 10.5. The van der Waals surface area contributed by atoms with Crippen LogP contribution in [-0.2, 0) is 14.8 Å². The van der Waals surface area contributed by atoms with E-state index in [1.54, 1.807) is 12.1 Å². The second kappa shape index (κ2) is 9.44. The Balaban J connectivity index is 0.00000264. The first-order valence-electron chi connectivity index (χ1n) is 7.23. The maximum atomic E-state index is 12.0. The largest absolute Gasteiger partial charge is 0.355 e. The van der Waals surface area contributed by atoms with E-state index >= 15 is 0 Å². The van der Waals surface area contributed by atoms with Gasteiger partial charge in [0.25, 0.3) is 0 Å². The number of carbonyl (C=O) groups excluding carboxylic acids is 1. The van der Waals surface area contributed by atoms with Crippen LogP contribution >= 0.6 is 24.0 Å². The lowest BCUT2D eigenvalue weighted by Gasteiger charge is -2.21. The van der Waals surface area contributed by atoms with Crippen LogP contribution in [0.3, 0.4) is 0 Å². The highest BCUT2D eigenvalue weighted by Gasteiger charge is 2.20. The second-order valence-corrected chi connectivity index (χ2v) is 7.39. The normalized spacial score (nSPS) is 18.0. The van der Waals surface area contributed by atoms with Crippen molar-refractivity contribution in [1.82, 2.24) is 15.4 Å². The molecule has 1 aromatic carbocycles. The van der Waals surface area contributed by atoms with E-state index in [1.165, 1.54) is 12.1 Å². The van der Waals surface area contributed by atoms with Crippen molar-refractivity contribution in [2.45, 2.75) is 17.7 Å². The van der Waals surface area contributed by atoms with Crippen molar-refractivity contribution >= 4 is 39.9 Å². The van der Waals surface area contributed by atoms with Gasteiger partial charge in [0.05, 0.1) is 10.8 Å². The van der Waals surface area contributed by atoms with Gasteiger partial charge in [0.1, 0.15) is 0 Å². The smallest absolute Gasteiger partial charge is 0.240 e. The van der Waals surface area contributed by atoms with Crippen molar-refractivity contribution in [3.05, 3.63) is 29.3 Å². The van der Waals surface area contributed by atoms with Gasteiger partial charge in [-0.2, -0.15) is 0 Å². The fourth-order valence-corrected chi connectivity index (χ4v) is 3.64. The van der Waals surface area contributed by atoms with Gasteiger partial charge >= 0.3 is 0 Å². The molecule has 1 fully saturated rings. The number of rotatable bonds is 6. The van der Waals surface area contributed by atoms with E-state index in [1.807, 2.05) is 0 Å². The lowest BCUT2D eigenvalue weighted by atomic mass is 9.99. The molecule has 0 saturated carbocycles. The molecule has 0 spiro atoms. The minimum atomic E-state index is -3.60. The van der Waals surface area contributed by atoms with Gasteiger partial charge in [-0.1, -0.05) is 17.7 Å². The molecule has 1 aliphatic rings. The molecule has 3 N–H and O–H groups in total. The Bertz CT molecular complexity index is 619. The van der Waals surface area contributed by atoms with E-state index in [9.17, 15) is 13.2 Å². The molecular weight excluding hydrogens is 361 g/mol. The number of halogens is 2. The molecule has 1 amide bonds. The zero-order valence-corrected chi connectivity index (χ0v) is 14.9. The predicted molar refractivity (Wildman–Crippen MR) is 92.5 cm³/mol. The molecule has 6 nitrogen and oxygen atoms in total. The fraction of sp³-hybridized carbons (Fsp3) is 0.500. The van der Waals surface area contributed by atoms with Gasteiger partial charge < -0.3 is 10.6 Å². The van der Waals surface area contributed by atoms with Crippen LogP contribution in [0.1, 0.15) is 12.8 Å². The van der Waals surface area contributed by atoms with Crippen molar-refractivity contribution in [3.8, 4) is 0 Å². The summed E-state index contributed by atoms with van der Waals surface area (Å²) in [6.07, 6.45) is 1.85. The molecule has 1 heterocycles. The summed E-state index contributed by atoms with van der Waals surface area (Å²) in [5, 5.41) is 6.29. The van der Waals surface area contributed by atoms with E-state index < -0.39 is 10.0 Å². The maximum Gasteiger partial charge on any atom is 0.240 e. The average Bonchev–Trinajstić information content (AvgIpc) is 2.52. The summed E-state index contributed by atoms with van der Waals surface area (Å²) in [5.74, 6) is -0.0626. The number of nitrogens with one attached hydrogen (secondary N) is 3. The highest BCUT2D eigenvalue weighted by atomic mass is 35.5. The molecular formula is C14H21Cl2N3O3S. The van der Waals surface area contributed by atoms with Crippen LogP contribution in [0.4, 0.5) is 0 Å². The van der Waals surface area contributed by atoms with E-state index in [-0.39, 0.29) is 42.2 Å². The number of amides is 1. The number of sulfonamides is 1. The van der Waals surface area contributed by atoms with E-state index in [0.29, 0.717) is 11.6 Å². The Hall–Kier alpha value is -0.860. The highest BCUT2D eigenvalue weighted by molar-refractivity contribution is 7.89. The standard InChI is InChI=1S/C14H20ClN3O3S.ClH/c15-12-4-1-5-13(9-12)22(20,21)18-8-7-17-14(19)11-3-2-6-16-10-11;/h1,4-5,9,11,16,18H,2-3,6-8,10H2,(H,17,19);1H.